The molecule has 0 saturated heterocycles. The number of hydrogen-bond acceptors (Lipinski definition) is 3. The maximum Gasteiger partial charge on any atom is 0.337 e. The predicted octanol–water partition coefficient (Wildman–Crippen LogP) is 2.73. The minimum absolute atomic E-state index is 0.182. The molecule has 1 N–H and O–H groups in total. The molecule has 0 aliphatic rings. The third kappa shape index (κ3) is 1.87. The lowest BCUT2D eigenvalue weighted by atomic mass is 9.99. The topological polar surface area (TPSA) is 46.5 Å². The van der Waals surface area contributed by atoms with Crippen LogP contribution < -0.4 is 0 Å². The smallest absolute Gasteiger partial charge is 0.337 e. The standard InChI is InChI=1S/C14H12O3/c1-9(14(16)17-2)10-5-3-7-12-11(10)6-4-8-13(12)15/h3-8,15H,1H2,2H3. The zero-order valence-corrected chi connectivity index (χ0v) is 9.43. The summed E-state index contributed by atoms with van der Waals surface area (Å²) in [6.45, 7) is 3.72. The van der Waals surface area contributed by atoms with Crippen molar-refractivity contribution in [1.29, 1.82) is 0 Å². The molecule has 0 atom stereocenters. The van der Waals surface area contributed by atoms with E-state index in [0.717, 1.165) is 5.39 Å². The van der Waals surface area contributed by atoms with Gasteiger partial charge in [-0.05, 0) is 17.0 Å². The van der Waals surface area contributed by atoms with Crippen molar-refractivity contribution in [3.05, 3.63) is 48.5 Å². The van der Waals surface area contributed by atoms with Crippen molar-refractivity contribution in [2.75, 3.05) is 7.11 Å². The molecule has 0 radical (unpaired) electrons. The van der Waals surface area contributed by atoms with Crippen molar-refractivity contribution in [2.45, 2.75) is 0 Å². The van der Waals surface area contributed by atoms with E-state index in [9.17, 15) is 9.90 Å². The zero-order chi connectivity index (χ0) is 12.4. The van der Waals surface area contributed by atoms with Gasteiger partial charge in [0.25, 0.3) is 0 Å². The van der Waals surface area contributed by atoms with Crippen molar-refractivity contribution >= 4 is 22.3 Å². The van der Waals surface area contributed by atoms with E-state index in [0.29, 0.717) is 10.9 Å². The van der Waals surface area contributed by atoms with Crippen molar-refractivity contribution in [3.63, 3.8) is 0 Å². The highest BCUT2D eigenvalue weighted by Crippen LogP contribution is 2.30. The second-order valence-electron chi connectivity index (χ2n) is 3.65. The molecule has 0 bridgehead atoms. The number of hydrogen-bond donors (Lipinski definition) is 1. The summed E-state index contributed by atoms with van der Waals surface area (Å²) < 4.78 is 4.64. The summed E-state index contributed by atoms with van der Waals surface area (Å²) in [4.78, 5) is 11.5. The Kier molecular flexibility index (Phi) is 2.83. The molecule has 0 aliphatic carbocycles. The first-order valence-corrected chi connectivity index (χ1v) is 5.13. The molecule has 0 aliphatic heterocycles. The van der Waals surface area contributed by atoms with Gasteiger partial charge in [-0.1, -0.05) is 36.9 Å². The van der Waals surface area contributed by atoms with Gasteiger partial charge in [0.05, 0.1) is 12.7 Å². The molecule has 86 valence electrons. The summed E-state index contributed by atoms with van der Waals surface area (Å²) in [6, 6.07) is 10.5. The molecule has 2 rings (SSSR count). The number of esters is 1. The van der Waals surface area contributed by atoms with Crippen LogP contribution in [0.3, 0.4) is 0 Å². The second-order valence-corrected chi connectivity index (χ2v) is 3.65. The van der Waals surface area contributed by atoms with Crippen molar-refractivity contribution in [1.82, 2.24) is 0 Å². The first-order valence-electron chi connectivity index (χ1n) is 5.13. The van der Waals surface area contributed by atoms with Gasteiger partial charge in [0.2, 0.25) is 0 Å². The van der Waals surface area contributed by atoms with Crippen molar-refractivity contribution in [3.8, 4) is 5.75 Å². The van der Waals surface area contributed by atoms with E-state index in [2.05, 4.69) is 11.3 Å². The lowest BCUT2D eigenvalue weighted by Gasteiger charge is -2.08. The number of benzene rings is 2. The third-order valence-electron chi connectivity index (χ3n) is 2.66. The first-order chi connectivity index (χ1) is 8.15. The van der Waals surface area contributed by atoms with Crippen LogP contribution >= 0.6 is 0 Å². The Bertz CT molecular complexity index is 599. The molecule has 0 spiro atoms. The molecule has 0 fully saturated rings. The molecule has 0 aromatic heterocycles. The van der Waals surface area contributed by atoms with Gasteiger partial charge in [-0.25, -0.2) is 4.79 Å². The number of ether oxygens (including phenoxy) is 1. The number of phenolic OH excluding ortho intramolecular Hbond substituents is 1. The van der Waals surface area contributed by atoms with E-state index < -0.39 is 5.97 Å². The highest BCUT2D eigenvalue weighted by molar-refractivity contribution is 6.19. The van der Waals surface area contributed by atoms with Gasteiger partial charge in [-0.15, -0.1) is 0 Å². The number of carbonyl (C=O) groups excluding carboxylic acids is 1. The van der Waals surface area contributed by atoms with E-state index in [1.807, 2.05) is 6.07 Å². The number of rotatable bonds is 2. The Morgan fingerprint density at radius 1 is 1.18 bits per heavy atom. The molecule has 2 aromatic rings. The van der Waals surface area contributed by atoms with Crippen LogP contribution in [-0.2, 0) is 9.53 Å². The molecule has 17 heavy (non-hydrogen) atoms. The molecule has 0 saturated carbocycles. The van der Waals surface area contributed by atoms with Gasteiger partial charge in [-0.2, -0.15) is 0 Å². The van der Waals surface area contributed by atoms with E-state index in [-0.39, 0.29) is 11.3 Å². The molecular weight excluding hydrogens is 216 g/mol. The number of aromatic hydroxyl groups is 1. The van der Waals surface area contributed by atoms with Crippen LogP contribution in [0.2, 0.25) is 0 Å². The van der Waals surface area contributed by atoms with E-state index >= 15 is 0 Å². The van der Waals surface area contributed by atoms with Gasteiger partial charge in [0.1, 0.15) is 5.75 Å². The Balaban J connectivity index is 2.67. The Morgan fingerprint density at radius 2 is 1.82 bits per heavy atom. The zero-order valence-electron chi connectivity index (χ0n) is 9.43. The summed E-state index contributed by atoms with van der Waals surface area (Å²) in [6.07, 6.45) is 0. The van der Waals surface area contributed by atoms with Gasteiger partial charge in [-0.3, -0.25) is 0 Å². The van der Waals surface area contributed by atoms with Crippen LogP contribution in [0.5, 0.6) is 5.75 Å². The lowest BCUT2D eigenvalue weighted by Crippen LogP contribution is -2.02. The van der Waals surface area contributed by atoms with Gasteiger partial charge in [0.15, 0.2) is 0 Å². The average Bonchev–Trinajstić information content (AvgIpc) is 2.37. The van der Waals surface area contributed by atoms with Gasteiger partial charge in [0, 0.05) is 5.39 Å². The quantitative estimate of drug-likeness (QED) is 0.635. The summed E-state index contributed by atoms with van der Waals surface area (Å²) >= 11 is 0. The molecule has 2 aromatic carbocycles. The van der Waals surface area contributed by atoms with Gasteiger partial charge >= 0.3 is 5.97 Å². The monoisotopic (exact) mass is 228 g/mol. The molecule has 0 unspecified atom stereocenters. The number of carbonyl (C=O) groups is 1. The van der Waals surface area contributed by atoms with Crippen LogP contribution in [0, 0.1) is 0 Å². The lowest BCUT2D eigenvalue weighted by molar-refractivity contribution is -0.133. The highest BCUT2D eigenvalue weighted by Gasteiger charge is 2.13. The fraction of sp³-hybridized carbons (Fsp3) is 0.0714. The summed E-state index contributed by atoms with van der Waals surface area (Å²) in [5.41, 5.74) is 0.953. The minimum atomic E-state index is -0.471. The SMILES string of the molecule is C=C(C(=O)OC)c1cccc2c(O)cccc12. The van der Waals surface area contributed by atoms with Crippen molar-refractivity contribution < 1.29 is 14.6 Å². The van der Waals surface area contributed by atoms with E-state index in [1.54, 1.807) is 30.3 Å². The van der Waals surface area contributed by atoms with Crippen LogP contribution in [-0.4, -0.2) is 18.2 Å². The summed E-state index contributed by atoms with van der Waals surface area (Å²) in [5, 5.41) is 11.2. The molecule has 0 amide bonds. The second kappa shape index (κ2) is 4.29. The largest absolute Gasteiger partial charge is 0.507 e. The normalized spacial score (nSPS) is 10.2. The van der Waals surface area contributed by atoms with E-state index in [4.69, 9.17) is 0 Å². The van der Waals surface area contributed by atoms with E-state index in [1.165, 1.54) is 7.11 Å². The number of methoxy groups -OCH3 is 1. The minimum Gasteiger partial charge on any atom is -0.507 e. The number of fused-ring (bicyclic) bond motifs is 1. The van der Waals surface area contributed by atoms with Crippen LogP contribution in [0.1, 0.15) is 5.56 Å². The Morgan fingerprint density at radius 3 is 2.53 bits per heavy atom. The van der Waals surface area contributed by atoms with Crippen LogP contribution in [0.15, 0.2) is 43.0 Å². The average molecular weight is 228 g/mol. The van der Waals surface area contributed by atoms with Crippen LogP contribution in [0.25, 0.3) is 16.3 Å². The van der Waals surface area contributed by atoms with Gasteiger partial charge < -0.3 is 9.84 Å². The molecular formula is C14H12O3. The first kappa shape index (κ1) is 11.2. The fourth-order valence-corrected chi connectivity index (χ4v) is 1.79. The summed E-state index contributed by atoms with van der Waals surface area (Å²) in [7, 11) is 1.32. The fourth-order valence-electron chi connectivity index (χ4n) is 1.79. The molecule has 3 nitrogen and oxygen atoms in total. The maximum atomic E-state index is 11.5. The Hall–Kier alpha value is -2.29. The molecule has 3 heteroatoms. The Labute approximate surface area is 99.0 Å². The predicted molar refractivity (Wildman–Crippen MR) is 66.7 cm³/mol. The highest BCUT2D eigenvalue weighted by atomic mass is 16.5. The maximum absolute atomic E-state index is 11.5. The summed E-state index contributed by atoms with van der Waals surface area (Å²) in [5.74, 6) is -0.289. The molecule has 0 heterocycles. The van der Waals surface area contributed by atoms with Crippen LogP contribution in [0.4, 0.5) is 0 Å². The third-order valence-corrected chi connectivity index (χ3v) is 2.66. The van der Waals surface area contributed by atoms with Crippen molar-refractivity contribution in [2.24, 2.45) is 0 Å². The number of phenols is 1.